The molecule has 4 rings (SSSR count). The quantitative estimate of drug-likeness (QED) is 0.638. The van der Waals surface area contributed by atoms with E-state index in [2.05, 4.69) is 37.3 Å². The van der Waals surface area contributed by atoms with Gasteiger partial charge in [0.2, 0.25) is 11.1 Å². The van der Waals surface area contributed by atoms with Crippen LogP contribution in [0.5, 0.6) is 0 Å². The number of amides is 1. The molecule has 3 aromatic heterocycles. The van der Waals surface area contributed by atoms with Crippen LogP contribution in [-0.4, -0.2) is 55.2 Å². The van der Waals surface area contributed by atoms with Crippen molar-refractivity contribution in [3.05, 3.63) is 27.5 Å². The predicted octanol–water partition coefficient (Wildman–Crippen LogP) is 2.48. The smallest absolute Gasteiger partial charge is 0.253 e. The highest BCUT2D eigenvalue weighted by Gasteiger charge is 2.19. The number of likely N-dealkylation sites (N-methyl/N-ethyl adjacent to an activating group) is 1. The van der Waals surface area contributed by atoms with E-state index in [4.69, 9.17) is 0 Å². The Bertz CT molecular complexity index is 1040. The molecule has 1 N–H and O–H groups in total. The molecule has 0 unspecified atom stereocenters. The van der Waals surface area contributed by atoms with Crippen molar-refractivity contribution in [3.8, 4) is 0 Å². The molecule has 0 fully saturated rings. The SMILES string of the molecule is CSc1nc2nc(C)c(CCC(=O)Nc3nc4c(s3)CN(C)CC4)c(C)n2n1. The summed E-state index contributed by atoms with van der Waals surface area (Å²) in [6, 6.07) is 0. The topological polar surface area (TPSA) is 88.3 Å². The summed E-state index contributed by atoms with van der Waals surface area (Å²) in [5.74, 6) is 0.577. The molecule has 0 atom stereocenters. The highest BCUT2D eigenvalue weighted by Crippen LogP contribution is 2.28. The number of nitrogens with one attached hydrogen (secondary N) is 1. The van der Waals surface area contributed by atoms with Gasteiger partial charge in [-0.15, -0.1) is 16.4 Å². The van der Waals surface area contributed by atoms with Crippen LogP contribution in [0.2, 0.25) is 0 Å². The summed E-state index contributed by atoms with van der Waals surface area (Å²) in [5.41, 5.74) is 4.04. The molecule has 0 aliphatic carbocycles. The minimum absolute atomic E-state index is 0.0262. The van der Waals surface area contributed by atoms with Crippen LogP contribution in [0.15, 0.2) is 5.16 Å². The molecule has 10 heteroatoms. The summed E-state index contributed by atoms with van der Waals surface area (Å²) in [4.78, 5) is 29.5. The highest BCUT2D eigenvalue weighted by atomic mass is 32.2. The Morgan fingerprint density at radius 2 is 2.11 bits per heavy atom. The van der Waals surface area contributed by atoms with Gasteiger partial charge in [0.15, 0.2) is 5.13 Å². The average Bonchev–Trinajstić information content (AvgIpc) is 3.24. The van der Waals surface area contributed by atoms with Gasteiger partial charge in [0.25, 0.3) is 5.78 Å². The molecule has 0 spiro atoms. The van der Waals surface area contributed by atoms with Crippen molar-refractivity contribution in [2.45, 2.75) is 44.8 Å². The standard InChI is InChI=1S/C18H23N7OS2/c1-10-12(11(2)25-16(19-10)22-18(23-25)27-4)5-6-15(26)21-17-20-13-7-8-24(3)9-14(13)28-17/h5-9H2,1-4H3,(H,20,21,26). The number of carbonyl (C=O) groups is 1. The summed E-state index contributed by atoms with van der Waals surface area (Å²) in [6.45, 7) is 5.87. The number of rotatable bonds is 5. The van der Waals surface area contributed by atoms with Crippen LogP contribution in [0.3, 0.4) is 0 Å². The zero-order valence-electron chi connectivity index (χ0n) is 16.4. The molecular weight excluding hydrogens is 394 g/mol. The van der Waals surface area contributed by atoms with Gasteiger partial charge in [-0.1, -0.05) is 11.8 Å². The molecule has 148 valence electrons. The molecule has 0 radical (unpaired) electrons. The minimum Gasteiger partial charge on any atom is -0.302 e. The predicted molar refractivity (Wildman–Crippen MR) is 111 cm³/mol. The van der Waals surface area contributed by atoms with Gasteiger partial charge < -0.3 is 10.2 Å². The second-order valence-electron chi connectivity index (χ2n) is 7.00. The van der Waals surface area contributed by atoms with E-state index in [0.29, 0.717) is 28.9 Å². The van der Waals surface area contributed by atoms with Crippen LogP contribution in [0, 0.1) is 13.8 Å². The Morgan fingerprint density at radius 1 is 1.29 bits per heavy atom. The Hall–Kier alpha value is -2.04. The molecule has 0 aromatic carbocycles. The third kappa shape index (κ3) is 3.76. The van der Waals surface area contributed by atoms with Crippen LogP contribution in [0.4, 0.5) is 5.13 Å². The van der Waals surface area contributed by atoms with E-state index in [0.717, 1.165) is 42.2 Å². The molecule has 0 saturated carbocycles. The largest absolute Gasteiger partial charge is 0.302 e. The number of aromatic nitrogens is 5. The second-order valence-corrected chi connectivity index (χ2v) is 8.85. The fourth-order valence-electron chi connectivity index (χ4n) is 3.44. The number of carbonyl (C=O) groups excluding carboxylic acids is 1. The molecule has 3 aromatic rings. The first kappa shape index (κ1) is 19.3. The Balaban J connectivity index is 1.45. The fraction of sp³-hybridized carbons (Fsp3) is 0.500. The van der Waals surface area contributed by atoms with Crippen molar-refractivity contribution in [1.82, 2.24) is 29.5 Å². The number of hydrogen-bond acceptors (Lipinski definition) is 8. The summed E-state index contributed by atoms with van der Waals surface area (Å²) < 4.78 is 1.76. The third-order valence-electron chi connectivity index (χ3n) is 4.98. The van der Waals surface area contributed by atoms with E-state index in [9.17, 15) is 4.79 Å². The normalized spacial score (nSPS) is 14.4. The van der Waals surface area contributed by atoms with Gasteiger partial charge in [0.1, 0.15) is 0 Å². The maximum atomic E-state index is 12.5. The first-order chi connectivity index (χ1) is 13.4. The number of anilines is 1. The van der Waals surface area contributed by atoms with Gasteiger partial charge in [0.05, 0.1) is 5.69 Å². The highest BCUT2D eigenvalue weighted by molar-refractivity contribution is 7.98. The van der Waals surface area contributed by atoms with E-state index >= 15 is 0 Å². The lowest BCUT2D eigenvalue weighted by Crippen LogP contribution is -2.25. The van der Waals surface area contributed by atoms with E-state index in [1.165, 1.54) is 16.6 Å². The lowest BCUT2D eigenvalue weighted by Gasteiger charge is -2.20. The van der Waals surface area contributed by atoms with Crippen LogP contribution in [0.1, 0.15) is 33.9 Å². The van der Waals surface area contributed by atoms with Gasteiger partial charge in [-0.2, -0.15) is 4.98 Å². The van der Waals surface area contributed by atoms with E-state index in [-0.39, 0.29) is 5.91 Å². The number of fused-ring (bicyclic) bond motifs is 2. The summed E-state index contributed by atoms with van der Waals surface area (Å²) >= 11 is 3.07. The zero-order valence-corrected chi connectivity index (χ0v) is 18.1. The number of nitrogens with zero attached hydrogens (tertiary/aromatic N) is 6. The van der Waals surface area contributed by atoms with Crippen LogP contribution >= 0.6 is 23.1 Å². The average molecular weight is 418 g/mol. The molecule has 28 heavy (non-hydrogen) atoms. The fourth-order valence-corrected chi connectivity index (χ4v) is 4.88. The first-order valence-electron chi connectivity index (χ1n) is 9.18. The zero-order chi connectivity index (χ0) is 19.8. The summed E-state index contributed by atoms with van der Waals surface area (Å²) in [6.07, 6.45) is 3.87. The molecule has 1 aliphatic heterocycles. The van der Waals surface area contributed by atoms with Crippen molar-refractivity contribution in [1.29, 1.82) is 0 Å². The van der Waals surface area contributed by atoms with Gasteiger partial charge in [-0.25, -0.2) is 14.5 Å². The minimum atomic E-state index is -0.0262. The Kier molecular flexibility index (Phi) is 5.35. The lowest BCUT2D eigenvalue weighted by atomic mass is 10.1. The van der Waals surface area contributed by atoms with Gasteiger partial charge in [0, 0.05) is 42.2 Å². The molecule has 0 saturated heterocycles. The van der Waals surface area contributed by atoms with Crippen LogP contribution in [-0.2, 0) is 24.2 Å². The Morgan fingerprint density at radius 3 is 2.89 bits per heavy atom. The van der Waals surface area contributed by atoms with Crippen LogP contribution in [0.25, 0.3) is 5.78 Å². The van der Waals surface area contributed by atoms with E-state index in [1.54, 1.807) is 15.9 Å². The summed E-state index contributed by atoms with van der Waals surface area (Å²) in [7, 11) is 2.10. The van der Waals surface area contributed by atoms with Crippen molar-refractivity contribution >= 4 is 39.9 Å². The number of hydrogen-bond donors (Lipinski definition) is 1. The van der Waals surface area contributed by atoms with Crippen molar-refractivity contribution < 1.29 is 4.79 Å². The molecule has 0 bridgehead atoms. The Labute approximate surface area is 171 Å². The molecular formula is C18H23N7OS2. The van der Waals surface area contributed by atoms with Crippen molar-refractivity contribution in [2.24, 2.45) is 0 Å². The maximum absolute atomic E-state index is 12.5. The van der Waals surface area contributed by atoms with E-state index < -0.39 is 0 Å². The van der Waals surface area contributed by atoms with E-state index in [1.807, 2.05) is 20.1 Å². The van der Waals surface area contributed by atoms with Crippen molar-refractivity contribution in [2.75, 3.05) is 25.2 Å². The molecule has 4 heterocycles. The number of aryl methyl sites for hydroxylation is 2. The molecule has 1 aliphatic rings. The molecule has 8 nitrogen and oxygen atoms in total. The second kappa shape index (κ2) is 7.76. The summed E-state index contributed by atoms with van der Waals surface area (Å²) in [5, 5.41) is 8.83. The number of thiazole rings is 1. The maximum Gasteiger partial charge on any atom is 0.253 e. The lowest BCUT2D eigenvalue weighted by molar-refractivity contribution is -0.116. The number of thioether (sulfide) groups is 1. The van der Waals surface area contributed by atoms with Gasteiger partial charge in [-0.05, 0) is 39.1 Å². The monoisotopic (exact) mass is 417 g/mol. The first-order valence-corrected chi connectivity index (χ1v) is 11.2. The molecule has 1 amide bonds. The van der Waals surface area contributed by atoms with Gasteiger partial charge >= 0.3 is 0 Å². The van der Waals surface area contributed by atoms with Crippen molar-refractivity contribution in [3.63, 3.8) is 0 Å². The van der Waals surface area contributed by atoms with Crippen LogP contribution < -0.4 is 5.32 Å². The third-order valence-corrected chi connectivity index (χ3v) is 6.52. The van der Waals surface area contributed by atoms with Gasteiger partial charge in [-0.3, -0.25) is 4.79 Å².